The fourth-order valence-corrected chi connectivity index (χ4v) is 3.21. The van der Waals surface area contributed by atoms with Gasteiger partial charge in [-0.3, -0.25) is 14.3 Å². The van der Waals surface area contributed by atoms with Crippen LogP contribution in [-0.2, 0) is 25.7 Å². The van der Waals surface area contributed by atoms with E-state index in [1.807, 2.05) is 19.0 Å². The molecular formula is C18H23F3N6O2. The second-order valence-electron chi connectivity index (χ2n) is 7.30. The number of halogens is 3. The van der Waals surface area contributed by atoms with Crippen molar-refractivity contribution >= 4 is 5.91 Å². The fourth-order valence-electron chi connectivity index (χ4n) is 3.21. The van der Waals surface area contributed by atoms with E-state index in [0.29, 0.717) is 44.7 Å². The molecule has 0 bridgehead atoms. The molecule has 0 aromatic carbocycles. The van der Waals surface area contributed by atoms with Crippen molar-refractivity contribution in [2.24, 2.45) is 0 Å². The lowest BCUT2D eigenvalue weighted by Gasteiger charge is -2.16. The molecule has 8 nitrogen and oxygen atoms in total. The quantitative estimate of drug-likeness (QED) is 0.797. The summed E-state index contributed by atoms with van der Waals surface area (Å²) in [5.41, 5.74) is -1.39. The molecule has 1 N–H and O–H groups in total. The third-order valence-corrected chi connectivity index (χ3v) is 4.82. The number of likely N-dealkylation sites (N-methyl/N-ethyl adjacent to an activating group) is 1. The first-order chi connectivity index (χ1) is 13.6. The lowest BCUT2D eigenvalue weighted by Crippen LogP contribution is -2.36. The van der Waals surface area contributed by atoms with Gasteiger partial charge in [0, 0.05) is 37.3 Å². The van der Waals surface area contributed by atoms with Crippen molar-refractivity contribution in [3.63, 3.8) is 0 Å². The molecule has 2 aromatic heterocycles. The average Bonchev–Trinajstić information content (AvgIpc) is 2.82. The molecule has 1 aliphatic rings. The Labute approximate surface area is 165 Å². The Balaban J connectivity index is 1.65. The maximum absolute atomic E-state index is 12.8. The highest BCUT2D eigenvalue weighted by Crippen LogP contribution is 2.27. The van der Waals surface area contributed by atoms with Gasteiger partial charge in [0.1, 0.15) is 11.5 Å². The topological polar surface area (TPSA) is 85.0 Å². The van der Waals surface area contributed by atoms with Gasteiger partial charge in [-0.25, -0.2) is 9.48 Å². The summed E-state index contributed by atoms with van der Waals surface area (Å²) in [6, 6.07) is 1.72. The van der Waals surface area contributed by atoms with Crippen LogP contribution in [0.1, 0.15) is 34.7 Å². The van der Waals surface area contributed by atoms with Gasteiger partial charge in [0.25, 0.3) is 5.91 Å². The maximum atomic E-state index is 12.8. The fraction of sp³-hybridized carbons (Fsp3) is 0.556. The molecule has 1 aliphatic heterocycles. The Hall–Kier alpha value is -2.69. The molecular weight excluding hydrogens is 389 g/mol. The van der Waals surface area contributed by atoms with Crippen LogP contribution in [0.2, 0.25) is 0 Å². The molecule has 1 atom stereocenters. The standard InChI is InChI=1S/C18H23F3N6O2/c1-25(2)9-10-27-17(29)26-8-6-13(3-4-15(26)24-27)23-16(28)12-5-7-22-14(11-12)18(19,20)21/h5,7,11,13H,3-4,6,8-10H2,1-2H3,(H,23,28). The van der Waals surface area contributed by atoms with Gasteiger partial charge in [0.15, 0.2) is 0 Å². The number of carbonyl (C=O) groups excluding carboxylic acids is 1. The summed E-state index contributed by atoms with van der Waals surface area (Å²) in [6.07, 6.45) is -2.10. The number of alkyl halides is 3. The number of fused-ring (bicyclic) bond motifs is 1. The largest absolute Gasteiger partial charge is 0.433 e. The van der Waals surface area contributed by atoms with Crippen LogP contribution >= 0.6 is 0 Å². The lowest BCUT2D eigenvalue weighted by molar-refractivity contribution is -0.141. The summed E-state index contributed by atoms with van der Waals surface area (Å²) in [6.45, 7) is 1.59. The number of nitrogens with one attached hydrogen (secondary N) is 1. The minimum atomic E-state index is -4.61. The van der Waals surface area contributed by atoms with Crippen molar-refractivity contribution in [2.75, 3.05) is 20.6 Å². The zero-order valence-corrected chi connectivity index (χ0v) is 16.2. The number of aromatic nitrogens is 4. The Morgan fingerprint density at radius 2 is 2.10 bits per heavy atom. The molecule has 0 spiro atoms. The van der Waals surface area contributed by atoms with Crippen molar-refractivity contribution in [2.45, 2.75) is 44.6 Å². The molecule has 11 heteroatoms. The zero-order chi connectivity index (χ0) is 21.2. The SMILES string of the molecule is CN(C)CCn1nc2n(c1=O)CCC(NC(=O)c1ccnc(C(F)(F)F)c1)CC2. The zero-order valence-electron chi connectivity index (χ0n) is 16.2. The van der Waals surface area contributed by atoms with Gasteiger partial charge < -0.3 is 10.2 Å². The van der Waals surface area contributed by atoms with Gasteiger partial charge in [-0.2, -0.15) is 18.3 Å². The van der Waals surface area contributed by atoms with Crippen molar-refractivity contribution in [3.8, 4) is 0 Å². The molecule has 0 aliphatic carbocycles. The first-order valence-electron chi connectivity index (χ1n) is 9.30. The number of aryl methyl sites for hydroxylation is 1. The summed E-state index contributed by atoms with van der Waals surface area (Å²) in [7, 11) is 3.83. The smallest absolute Gasteiger partial charge is 0.349 e. The normalized spacial score (nSPS) is 17.1. The summed E-state index contributed by atoms with van der Waals surface area (Å²) >= 11 is 0. The van der Waals surface area contributed by atoms with Crippen molar-refractivity contribution in [1.82, 2.24) is 29.5 Å². The molecule has 0 fully saturated rings. The van der Waals surface area contributed by atoms with Gasteiger partial charge in [-0.05, 0) is 39.1 Å². The molecule has 2 aromatic rings. The predicted octanol–water partition coefficient (Wildman–Crippen LogP) is 1.16. The molecule has 3 rings (SSSR count). The van der Waals surface area contributed by atoms with Gasteiger partial charge in [-0.1, -0.05) is 0 Å². The average molecular weight is 412 g/mol. The van der Waals surface area contributed by atoms with Crippen molar-refractivity contribution < 1.29 is 18.0 Å². The monoisotopic (exact) mass is 412 g/mol. The highest BCUT2D eigenvalue weighted by Gasteiger charge is 2.33. The summed E-state index contributed by atoms with van der Waals surface area (Å²) < 4.78 is 41.4. The highest BCUT2D eigenvalue weighted by atomic mass is 19.4. The van der Waals surface area contributed by atoms with Gasteiger partial charge in [0.05, 0.1) is 6.54 Å². The third kappa shape index (κ3) is 5.03. The Morgan fingerprint density at radius 3 is 2.79 bits per heavy atom. The minimum absolute atomic E-state index is 0.0969. The molecule has 29 heavy (non-hydrogen) atoms. The van der Waals surface area contributed by atoms with Crippen LogP contribution in [0, 0.1) is 0 Å². The molecule has 0 saturated heterocycles. The number of pyridine rings is 1. The van der Waals surface area contributed by atoms with E-state index < -0.39 is 17.8 Å². The summed E-state index contributed by atoms with van der Waals surface area (Å²) in [4.78, 5) is 30.1. The van der Waals surface area contributed by atoms with E-state index in [-0.39, 0.29) is 17.3 Å². The second kappa shape index (κ2) is 8.36. The molecule has 3 heterocycles. The van der Waals surface area contributed by atoms with E-state index in [0.717, 1.165) is 12.3 Å². The second-order valence-corrected chi connectivity index (χ2v) is 7.30. The maximum Gasteiger partial charge on any atom is 0.433 e. The van der Waals surface area contributed by atoms with Crippen LogP contribution in [0.15, 0.2) is 23.1 Å². The predicted molar refractivity (Wildman–Crippen MR) is 98.5 cm³/mol. The molecule has 0 radical (unpaired) electrons. The van der Waals surface area contributed by atoms with Gasteiger partial charge in [-0.15, -0.1) is 0 Å². The van der Waals surface area contributed by atoms with Crippen LogP contribution in [0.25, 0.3) is 0 Å². The van der Waals surface area contributed by atoms with Crippen LogP contribution in [0.5, 0.6) is 0 Å². The van der Waals surface area contributed by atoms with Crippen LogP contribution in [-0.4, -0.2) is 56.8 Å². The Bertz CT molecular complexity index is 934. The Morgan fingerprint density at radius 1 is 1.34 bits per heavy atom. The number of hydrogen-bond acceptors (Lipinski definition) is 5. The van der Waals surface area contributed by atoms with E-state index in [1.54, 1.807) is 4.57 Å². The van der Waals surface area contributed by atoms with E-state index in [9.17, 15) is 22.8 Å². The third-order valence-electron chi connectivity index (χ3n) is 4.82. The van der Waals surface area contributed by atoms with Crippen molar-refractivity contribution in [1.29, 1.82) is 0 Å². The lowest BCUT2D eigenvalue weighted by atomic mass is 10.1. The first-order valence-corrected chi connectivity index (χ1v) is 9.30. The number of carbonyl (C=O) groups is 1. The molecule has 1 amide bonds. The summed E-state index contributed by atoms with van der Waals surface area (Å²) in [5.74, 6) is 0.0691. The first kappa shape index (κ1) is 21.0. The van der Waals surface area contributed by atoms with Crippen LogP contribution in [0.3, 0.4) is 0 Å². The van der Waals surface area contributed by atoms with E-state index in [2.05, 4.69) is 15.4 Å². The van der Waals surface area contributed by atoms with Gasteiger partial charge in [0.2, 0.25) is 0 Å². The molecule has 0 saturated carbocycles. The van der Waals surface area contributed by atoms with Gasteiger partial charge >= 0.3 is 11.9 Å². The number of amides is 1. The summed E-state index contributed by atoms with van der Waals surface area (Å²) in [5, 5.41) is 7.15. The molecule has 158 valence electrons. The number of rotatable bonds is 5. The Kier molecular flexibility index (Phi) is 6.06. The van der Waals surface area contributed by atoms with E-state index in [1.165, 1.54) is 10.7 Å². The number of hydrogen-bond donors (Lipinski definition) is 1. The van der Waals surface area contributed by atoms with E-state index >= 15 is 0 Å². The van der Waals surface area contributed by atoms with Crippen molar-refractivity contribution in [3.05, 3.63) is 45.9 Å². The van der Waals surface area contributed by atoms with Crippen LogP contribution in [0.4, 0.5) is 13.2 Å². The van der Waals surface area contributed by atoms with Crippen LogP contribution < -0.4 is 11.0 Å². The number of nitrogens with zero attached hydrogens (tertiary/aromatic N) is 5. The van der Waals surface area contributed by atoms with E-state index in [4.69, 9.17) is 0 Å². The molecule has 1 unspecified atom stereocenters. The minimum Gasteiger partial charge on any atom is -0.349 e. The highest BCUT2D eigenvalue weighted by molar-refractivity contribution is 5.94.